The molecule has 0 spiro atoms. The fourth-order valence-electron chi connectivity index (χ4n) is 1.44. The van der Waals surface area contributed by atoms with Crippen molar-refractivity contribution in [3.8, 4) is 11.5 Å². The van der Waals surface area contributed by atoms with Crippen LogP contribution in [0.4, 0.5) is 5.69 Å². The van der Waals surface area contributed by atoms with E-state index >= 15 is 0 Å². The van der Waals surface area contributed by atoms with E-state index in [1.165, 1.54) is 6.07 Å². The highest BCUT2D eigenvalue weighted by atomic mass is 16.6. The second kappa shape index (κ2) is 6.65. The van der Waals surface area contributed by atoms with Crippen LogP contribution in [0.3, 0.4) is 0 Å². The first-order chi connectivity index (χ1) is 9.36. The number of benzene rings is 1. The number of carbonyl (C=O) groups excluding carboxylic acids is 2. The number of aldehydes is 1. The molecule has 0 aliphatic heterocycles. The number of ether oxygens (including phenoxy) is 2. The van der Waals surface area contributed by atoms with Gasteiger partial charge in [-0.3, -0.25) is 19.7 Å². The van der Waals surface area contributed by atoms with Crippen molar-refractivity contribution in [1.82, 2.24) is 0 Å². The standard InChI is InChI=1S/C13H15NO6/c1-8(2)7-19-13-11(14(17)18)5-4-10(6-15)12(13)20-9(3)16/h4-6,8H,7H2,1-3H3. The van der Waals surface area contributed by atoms with Gasteiger partial charge in [0.2, 0.25) is 5.75 Å². The van der Waals surface area contributed by atoms with Crippen LogP contribution in [0.1, 0.15) is 31.1 Å². The average molecular weight is 281 g/mol. The molecule has 0 aliphatic rings. The summed E-state index contributed by atoms with van der Waals surface area (Å²) in [6.07, 6.45) is 0.449. The Morgan fingerprint density at radius 2 is 2.05 bits per heavy atom. The SMILES string of the molecule is CC(=O)Oc1c(C=O)ccc([N+](=O)[O-])c1OCC(C)C. The van der Waals surface area contributed by atoms with Crippen LogP contribution in [0, 0.1) is 16.0 Å². The fraction of sp³-hybridized carbons (Fsp3) is 0.385. The van der Waals surface area contributed by atoms with E-state index in [0.717, 1.165) is 13.0 Å². The molecule has 7 nitrogen and oxygen atoms in total. The largest absolute Gasteiger partial charge is 0.484 e. The van der Waals surface area contributed by atoms with Gasteiger partial charge >= 0.3 is 11.7 Å². The summed E-state index contributed by atoms with van der Waals surface area (Å²) in [7, 11) is 0. The van der Waals surface area contributed by atoms with Gasteiger partial charge < -0.3 is 9.47 Å². The lowest BCUT2D eigenvalue weighted by Gasteiger charge is -2.14. The van der Waals surface area contributed by atoms with E-state index < -0.39 is 10.9 Å². The van der Waals surface area contributed by atoms with Gasteiger partial charge in [0.15, 0.2) is 12.0 Å². The van der Waals surface area contributed by atoms with Gasteiger partial charge in [0, 0.05) is 13.0 Å². The number of rotatable bonds is 6. The molecule has 108 valence electrons. The van der Waals surface area contributed by atoms with Crippen LogP contribution in [-0.4, -0.2) is 23.8 Å². The van der Waals surface area contributed by atoms with Gasteiger partial charge in [0.1, 0.15) is 0 Å². The topological polar surface area (TPSA) is 95.7 Å². The predicted octanol–water partition coefficient (Wildman–Crippen LogP) is 2.37. The quantitative estimate of drug-likeness (QED) is 0.261. The van der Waals surface area contributed by atoms with Crippen molar-refractivity contribution in [1.29, 1.82) is 0 Å². The summed E-state index contributed by atoms with van der Waals surface area (Å²) in [5.41, 5.74) is -0.336. The maximum atomic E-state index is 11.1. The first kappa shape index (κ1) is 15.6. The van der Waals surface area contributed by atoms with Crippen LogP contribution < -0.4 is 9.47 Å². The molecule has 1 aromatic rings. The van der Waals surface area contributed by atoms with E-state index in [1.54, 1.807) is 0 Å². The third kappa shape index (κ3) is 3.78. The molecule has 0 aliphatic carbocycles. The summed E-state index contributed by atoms with van der Waals surface area (Å²) in [5.74, 6) is -1.01. The Hall–Kier alpha value is -2.44. The Labute approximate surface area is 115 Å². The lowest BCUT2D eigenvalue weighted by atomic mass is 10.1. The number of nitro groups is 1. The summed E-state index contributed by atoms with van der Waals surface area (Å²) in [4.78, 5) is 32.4. The molecule has 0 unspecified atom stereocenters. The molecule has 1 aromatic carbocycles. The first-order valence-electron chi connectivity index (χ1n) is 5.94. The molecule has 7 heteroatoms. The van der Waals surface area contributed by atoms with Gasteiger partial charge in [-0.25, -0.2) is 0 Å². The van der Waals surface area contributed by atoms with Crippen molar-refractivity contribution in [3.63, 3.8) is 0 Å². The van der Waals surface area contributed by atoms with Crippen LogP contribution in [-0.2, 0) is 4.79 Å². The average Bonchev–Trinajstić information content (AvgIpc) is 2.35. The molecule has 0 atom stereocenters. The molecular formula is C13H15NO6. The lowest BCUT2D eigenvalue weighted by Crippen LogP contribution is -2.11. The van der Waals surface area contributed by atoms with Crippen molar-refractivity contribution in [2.45, 2.75) is 20.8 Å². The molecule has 0 radical (unpaired) electrons. The number of nitrogens with zero attached hydrogens (tertiary/aromatic N) is 1. The molecule has 0 saturated carbocycles. The number of hydrogen-bond acceptors (Lipinski definition) is 6. The maximum Gasteiger partial charge on any atom is 0.314 e. The molecule has 0 fully saturated rings. The Morgan fingerprint density at radius 3 is 2.50 bits per heavy atom. The van der Waals surface area contributed by atoms with E-state index in [1.807, 2.05) is 13.8 Å². The predicted molar refractivity (Wildman–Crippen MR) is 70.1 cm³/mol. The molecular weight excluding hydrogens is 266 g/mol. The van der Waals surface area contributed by atoms with E-state index in [2.05, 4.69) is 0 Å². The minimum atomic E-state index is -0.692. The van der Waals surface area contributed by atoms with Crippen molar-refractivity contribution in [2.24, 2.45) is 5.92 Å². The summed E-state index contributed by atoms with van der Waals surface area (Å²) in [6.45, 7) is 5.05. The summed E-state index contributed by atoms with van der Waals surface area (Å²) in [5, 5.41) is 11.0. The first-order valence-corrected chi connectivity index (χ1v) is 5.94. The second-order valence-electron chi connectivity index (χ2n) is 4.51. The number of carbonyl (C=O) groups is 2. The molecule has 0 heterocycles. The van der Waals surface area contributed by atoms with Crippen LogP contribution in [0.15, 0.2) is 12.1 Å². The van der Waals surface area contributed by atoms with Gasteiger partial charge in [0.05, 0.1) is 17.1 Å². The fourth-order valence-corrected chi connectivity index (χ4v) is 1.44. The minimum Gasteiger partial charge on any atom is -0.484 e. The minimum absolute atomic E-state index is 0.0181. The monoisotopic (exact) mass is 281 g/mol. The van der Waals surface area contributed by atoms with Crippen LogP contribution >= 0.6 is 0 Å². The molecule has 0 saturated heterocycles. The molecule has 0 aromatic heterocycles. The summed E-state index contributed by atoms with van der Waals surface area (Å²) >= 11 is 0. The molecule has 0 N–H and O–H groups in total. The van der Waals surface area contributed by atoms with Gasteiger partial charge in [0.25, 0.3) is 0 Å². The molecule has 20 heavy (non-hydrogen) atoms. The zero-order valence-electron chi connectivity index (χ0n) is 11.4. The Balaban J connectivity index is 3.38. The highest BCUT2D eigenvalue weighted by Gasteiger charge is 2.25. The van der Waals surface area contributed by atoms with E-state index in [0.29, 0.717) is 6.29 Å². The molecule has 0 bridgehead atoms. The van der Waals surface area contributed by atoms with Crippen LogP contribution in [0.25, 0.3) is 0 Å². The van der Waals surface area contributed by atoms with Gasteiger partial charge in [-0.15, -0.1) is 0 Å². The van der Waals surface area contributed by atoms with Crippen LogP contribution in [0.2, 0.25) is 0 Å². The van der Waals surface area contributed by atoms with Crippen LogP contribution in [0.5, 0.6) is 11.5 Å². The summed E-state index contributed by atoms with van der Waals surface area (Å²) in [6, 6.07) is 2.36. The number of nitro benzene ring substituents is 1. The zero-order valence-corrected chi connectivity index (χ0v) is 11.4. The Bertz CT molecular complexity index is 538. The second-order valence-corrected chi connectivity index (χ2v) is 4.51. The Morgan fingerprint density at radius 1 is 1.40 bits per heavy atom. The van der Waals surface area contributed by atoms with Gasteiger partial charge in [-0.05, 0) is 12.0 Å². The lowest BCUT2D eigenvalue weighted by molar-refractivity contribution is -0.386. The van der Waals surface area contributed by atoms with Crippen molar-refractivity contribution in [3.05, 3.63) is 27.8 Å². The van der Waals surface area contributed by atoms with E-state index in [9.17, 15) is 19.7 Å². The third-order valence-electron chi connectivity index (χ3n) is 2.25. The third-order valence-corrected chi connectivity index (χ3v) is 2.25. The number of hydrogen-bond donors (Lipinski definition) is 0. The van der Waals surface area contributed by atoms with E-state index in [4.69, 9.17) is 9.47 Å². The zero-order chi connectivity index (χ0) is 15.3. The van der Waals surface area contributed by atoms with Gasteiger partial charge in [-0.1, -0.05) is 13.8 Å². The number of esters is 1. The Kier molecular flexibility index (Phi) is 5.19. The molecule has 1 rings (SSSR count). The maximum absolute atomic E-state index is 11.1. The normalized spacial score (nSPS) is 10.2. The van der Waals surface area contributed by atoms with Gasteiger partial charge in [-0.2, -0.15) is 0 Å². The summed E-state index contributed by atoms with van der Waals surface area (Å²) < 4.78 is 10.2. The highest BCUT2D eigenvalue weighted by Crippen LogP contribution is 2.39. The van der Waals surface area contributed by atoms with Crippen molar-refractivity contribution < 1.29 is 24.0 Å². The van der Waals surface area contributed by atoms with E-state index in [-0.39, 0.29) is 35.3 Å². The molecule has 0 amide bonds. The highest BCUT2D eigenvalue weighted by molar-refractivity contribution is 5.85. The van der Waals surface area contributed by atoms with Crippen molar-refractivity contribution >= 4 is 17.9 Å². The smallest absolute Gasteiger partial charge is 0.314 e. The van der Waals surface area contributed by atoms with Crippen molar-refractivity contribution in [2.75, 3.05) is 6.61 Å².